The molecule has 190 valence electrons. The fraction of sp³-hybridized carbons (Fsp3) is 0.444. The molecule has 2 N–H and O–H groups in total. The first-order chi connectivity index (χ1) is 16.6. The van der Waals surface area contributed by atoms with Crippen LogP contribution in [0, 0.1) is 0 Å². The van der Waals surface area contributed by atoms with E-state index in [0.29, 0.717) is 19.5 Å². The molecule has 0 bridgehead atoms. The number of anilines is 3. The van der Waals surface area contributed by atoms with Crippen LogP contribution in [0.5, 0.6) is 0 Å². The molecule has 0 saturated carbocycles. The van der Waals surface area contributed by atoms with Crippen LogP contribution in [0.1, 0.15) is 25.0 Å². The maximum absolute atomic E-state index is 12.5. The number of nitrogens with one attached hydrogen (secondary N) is 2. The summed E-state index contributed by atoms with van der Waals surface area (Å²) in [5, 5.41) is 6.32. The zero-order valence-corrected chi connectivity index (χ0v) is 22.1. The Morgan fingerprint density at radius 3 is 2.49 bits per heavy atom. The lowest BCUT2D eigenvalue weighted by molar-refractivity contribution is -0.135. The molecule has 0 aliphatic carbocycles. The normalized spacial score (nSPS) is 12.0. The van der Waals surface area contributed by atoms with E-state index in [0.717, 1.165) is 29.3 Å². The van der Waals surface area contributed by atoms with Crippen LogP contribution in [0.15, 0.2) is 48.6 Å². The molecule has 1 atom stereocenters. The largest absolute Gasteiger partial charge is 0.362 e. The molecule has 1 aromatic heterocycles. The van der Waals surface area contributed by atoms with Gasteiger partial charge in [0, 0.05) is 46.0 Å². The van der Waals surface area contributed by atoms with Gasteiger partial charge in [-0.2, -0.15) is 0 Å². The van der Waals surface area contributed by atoms with E-state index in [2.05, 4.69) is 29.7 Å². The highest BCUT2D eigenvalue weighted by atomic mass is 16.2. The average Bonchev–Trinajstić information content (AvgIpc) is 2.82. The smallest absolute Gasteiger partial charge is 0.246 e. The summed E-state index contributed by atoms with van der Waals surface area (Å²) in [6.45, 7) is 5.01. The van der Waals surface area contributed by atoms with Crippen LogP contribution in [-0.4, -0.2) is 81.0 Å². The number of rotatable bonds is 12. The molecule has 0 saturated heterocycles. The first-order valence-corrected chi connectivity index (χ1v) is 12.0. The van der Waals surface area contributed by atoms with E-state index in [4.69, 9.17) is 4.98 Å². The van der Waals surface area contributed by atoms with Gasteiger partial charge in [-0.05, 0) is 63.2 Å². The van der Waals surface area contributed by atoms with Crippen LogP contribution < -0.4 is 15.5 Å². The van der Waals surface area contributed by atoms with E-state index in [1.165, 1.54) is 16.5 Å². The van der Waals surface area contributed by atoms with Crippen molar-refractivity contribution in [3.05, 3.63) is 59.7 Å². The molecular formula is C27H40N6O2. The van der Waals surface area contributed by atoms with Crippen LogP contribution in [0.2, 0.25) is 0 Å². The number of likely N-dealkylation sites (N-methyl/N-ethyl adjacent to an activating group) is 2. The van der Waals surface area contributed by atoms with Crippen molar-refractivity contribution in [3.63, 3.8) is 0 Å². The van der Waals surface area contributed by atoms with Crippen LogP contribution in [0.3, 0.4) is 0 Å². The fourth-order valence-corrected chi connectivity index (χ4v) is 3.49. The predicted octanol–water partition coefficient (Wildman–Crippen LogP) is 3.08. The van der Waals surface area contributed by atoms with Gasteiger partial charge in [0.25, 0.3) is 0 Å². The Hall–Kier alpha value is -3.39. The van der Waals surface area contributed by atoms with E-state index < -0.39 is 6.04 Å². The minimum atomic E-state index is -0.553. The van der Waals surface area contributed by atoms with Crippen LogP contribution >= 0.6 is 0 Å². The number of carbonyl (C=O) groups is 2. The lowest BCUT2D eigenvalue weighted by atomic mass is 10.1. The molecule has 0 aliphatic rings. The summed E-state index contributed by atoms with van der Waals surface area (Å²) in [5.41, 5.74) is 3.24. The number of benzene rings is 1. The molecule has 1 heterocycles. The first-order valence-electron chi connectivity index (χ1n) is 12.0. The lowest BCUT2D eigenvalue weighted by Crippen LogP contribution is -2.45. The van der Waals surface area contributed by atoms with Crippen molar-refractivity contribution in [1.82, 2.24) is 20.1 Å². The number of aryl methyl sites for hydroxylation is 1. The molecule has 2 aromatic rings. The maximum Gasteiger partial charge on any atom is 0.246 e. The quantitative estimate of drug-likeness (QED) is 0.455. The molecule has 0 radical (unpaired) electrons. The van der Waals surface area contributed by atoms with Gasteiger partial charge in [-0.3, -0.25) is 9.59 Å². The third-order valence-corrected chi connectivity index (χ3v) is 5.71. The number of aromatic nitrogens is 1. The summed E-state index contributed by atoms with van der Waals surface area (Å²) >= 11 is 0. The summed E-state index contributed by atoms with van der Waals surface area (Å²) in [5.74, 6) is 1.39. The number of hydrogen-bond donors (Lipinski definition) is 2. The van der Waals surface area contributed by atoms with Gasteiger partial charge in [-0.25, -0.2) is 4.98 Å². The standard InChI is InChI=1S/C27H40N6O2/c1-8-22-14-15-24(30-26(22)32(5)6)29-23-12-9-11-21(19-23)16-17-28-27(35)20(2)33(7)25(34)13-10-18-31(3)4/h9-15,19-20H,8,16-18H2,1-7H3,(H,28,35)(H,29,30)/b13-10+/t20-/m0/s1. The summed E-state index contributed by atoms with van der Waals surface area (Å²) in [6.07, 6.45) is 4.91. The number of hydrogen-bond acceptors (Lipinski definition) is 6. The summed E-state index contributed by atoms with van der Waals surface area (Å²) in [6, 6.07) is 11.6. The van der Waals surface area contributed by atoms with Crippen molar-refractivity contribution in [3.8, 4) is 0 Å². The van der Waals surface area contributed by atoms with Gasteiger partial charge < -0.3 is 25.3 Å². The molecule has 0 spiro atoms. The topological polar surface area (TPSA) is 80.8 Å². The van der Waals surface area contributed by atoms with E-state index in [-0.39, 0.29) is 11.8 Å². The van der Waals surface area contributed by atoms with Crippen molar-refractivity contribution in [2.24, 2.45) is 0 Å². The molecular weight excluding hydrogens is 440 g/mol. The Bertz CT molecular complexity index is 1020. The Kier molecular flexibility index (Phi) is 10.7. The van der Waals surface area contributed by atoms with Crippen molar-refractivity contribution in [1.29, 1.82) is 0 Å². The van der Waals surface area contributed by atoms with E-state index in [1.807, 2.05) is 62.3 Å². The zero-order chi connectivity index (χ0) is 26.0. The number of nitrogens with zero attached hydrogens (tertiary/aromatic N) is 4. The van der Waals surface area contributed by atoms with Crippen LogP contribution in [-0.2, 0) is 22.4 Å². The molecule has 2 rings (SSSR count). The third-order valence-electron chi connectivity index (χ3n) is 5.71. The Labute approximate surface area is 210 Å². The summed E-state index contributed by atoms with van der Waals surface area (Å²) < 4.78 is 0. The SMILES string of the molecule is CCc1ccc(Nc2cccc(CCNC(=O)[C@H](C)N(C)C(=O)/C=C/CN(C)C)c2)nc1N(C)C. The van der Waals surface area contributed by atoms with Crippen molar-refractivity contribution in [2.75, 3.05) is 58.5 Å². The first kappa shape index (κ1) is 27.9. The monoisotopic (exact) mass is 480 g/mol. The second kappa shape index (κ2) is 13.5. The van der Waals surface area contributed by atoms with Gasteiger partial charge in [0.15, 0.2) is 0 Å². The molecule has 1 aromatic carbocycles. The fourth-order valence-electron chi connectivity index (χ4n) is 3.49. The molecule has 0 fully saturated rings. The van der Waals surface area contributed by atoms with Gasteiger partial charge in [0.1, 0.15) is 17.7 Å². The molecule has 8 heteroatoms. The van der Waals surface area contributed by atoms with Crippen molar-refractivity contribution in [2.45, 2.75) is 32.7 Å². The molecule has 35 heavy (non-hydrogen) atoms. The van der Waals surface area contributed by atoms with Gasteiger partial charge in [-0.1, -0.05) is 31.2 Å². The Morgan fingerprint density at radius 1 is 1.09 bits per heavy atom. The van der Waals surface area contributed by atoms with Crippen LogP contribution in [0.25, 0.3) is 0 Å². The Balaban J connectivity index is 1.91. The van der Waals surface area contributed by atoms with E-state index in [9.17, 15) is 9.59 Å². The highest BCUT2D eigenvalue weighted by molar-refractivity contribution is 5.92. The highest BCUT2D eigenvalue weighted by Gasteiger charge is 2.20. The minimum Gasteiger partial charge on any atom is -0.362 e. The van der Waals surface area contributed by atoms with Crippen molar-refractivity contribution < 1.29 is 9.59 Å². The molecule has 8 nitrogen and oxygen atoms in total. The highest BCUT2D eigenvalue weighted by Crippen LogP contribution is 2.22. The van der Waals surface area contributed by atoms with Gasteiger partial charge >= 0.3 is 0 Å². The van der Waals surface area contributed by atoms with Gasteiger partial charge in [-0.15, -0.1) is 0 Å². The molecule has 0 unspecified atom stereocenters. The van der Waals surface area contributed by atoms with Crippen LogP contribution in [0.4, 0.5) is 17.3 Å². The zero-order valence-electron chi connectivity index (χ0n) is 22.1. The Morgan fingerprint density at radius 2 is 1.83 bits per heavy atom. The summed E-state index contributed by atoms with van der Waals surface area (Å²) in [7, 11) is 9.50. The maximum atomic E-state index is 12.5. The second-order valence-corrected chi connectivity index (χ2v) is 9.08. The lowest BCUT2D eigenvalue weighted by Gasteiger charge is -2.23. The van der Waals surface area contributed by atoms with Gasteiger partial charge in [0.2, 0.25) is 11.8 Å². The minimum absolute atomic E-state index is 0.174. The average molecular weight is 481 g/mol. The van der Waals surface area contributed by atoms with Crippen molar-refractivity contribution >= 4 is 29.1 Å². The second-order valence-electron chi connectivity index (χ2n) is 9.08. The number of pyridine rings is 1. The van der Waals surface area contributed by atoms with E-state index in [1.54, 1.807) is 20.0 Å². The third kappa shape index (κ3) is 8.72. The number of carbonyl (C=O) groups excluding carboxylic acids is 2. The van der Waals surface area contributed by atoms with E-state index >= 15 is 0 Å². The summed E-state index contributed by atoms with van der Waals surface area (Å²) in [4.78, 5) is 35.0. The number of amides is 2. The molecule has 0 aliphatic heterocycles. The predicted molar refractivity (Wildman–Crippen MR) is 144 cm³/mol. The van der Waals surface area contributed by atoms with Gasteiger partial charge in [0.05, 0.1) is 0 Å². The molecule has 2 amide bonds.